The van der Waals surface area contributed by atoms with Gasteiger partial charge in [-0.05, 0) is 71.5 Å². The molecule has 0 aliphatic heterocycles. The van der Waals surface area contributed by atoms with Crippen molar-refractivity contribution >= 4 is 23.2 Å². The molecular weight excluding hydrogens is 402 g/mol. The first-order chi connectivity index (χ1) is 14.0. The predicted molar refractivity (Wildman–Crippen MR) is 123 cm³/mol. The van der Waals surface area contributed by atoms with Crippen molar-refractivity contribution in [3.63, 3.8) is 0 Å². The van der Waals surface area contributed by atoms with Crippen molar-refractivity contribution in [1.29, 1.82) is 0 Å². The van der Waals surface area contributed by atoms with Gasteiger partial charge in [0.25, 0.3) is 0 Å². The third-order valence-corrected chi connectivity index (χ3v) is 5.23. The van der Waals surface area contributed by atoms with Crippen LogP contribution in [0.5, 0.6) is 0 Å². The van der Waals surface area contributed by atoms with Gasteiger partial charge in [-0.25, -0.2) is 4.39 Å². The van der Waals surface area contributed by atoms with E-state index in [0.717, 1.165) is 21.7 Å². The van der Waals surface area contributed by atoms with Crippen molar-refractivity contribution in [2.24, 2.45) is 0 Å². The molecule has 0 bridgehead atoms. The average molecular weight is 423 g/mol. The Labute approximate surface area is 181 Å². The number of aryl methyl sites for hydroxylation is 2. The van der Waals surface area contributed by atoms with Gasteiger partial charge in [0.1, 0.15) is 5.82 Å². The highest BCUT2D eigenvalue weighted by Crippen LogP contribution is 2.26. The minimum absolute atomic E-state index is 0.160. The molecule has 0 amide bonds. The van der Waals surface area contributed by atoms with Gasteiger partial charge in [0.05, 0.1) is 5.02 Å². The fourth-order valence-corrected chi connectivity index (χ4v) is 3.33. The Morgan fingerprint density at radius 1 is 0.586 bits per heavy atom. The molecule has 0 saturated heterocycles. The van der Waals surface area contributed by atoms with Crippen molar-refractivity contribution in [1.82, 2.24) is 0 Å². The van der Waals surface area contributed by atoms with Crippen molar-refractivity contribution in [3.05, 3.63) is 118 Å². The van der Waals surface area contributed by atoms with E-state index in [2.05, 4.69) is 31.2 Å². The molecule has 0 aromatic heterocycles. The summed E-state index contributed by atoms with van der Waals surface area (Å²) in [7, 11) is 0. The van der Waals surface area contributed by atoms with Gasteiger partial charge in [-0.1, -0.05) is 89.9 Å². The zero-order chi connectivity index (χ0) is 20.8. The normalized spacial score (nSPS) is 10.2. The van der Waals surface area contributed by atoms with E-state index in [1.807, 2.05) is 61.5 Å². The summed E-state index contributed by atoms with van der Waals surface area (Å²) in [5.41, 5.74) is 6.79. The van der Waals surface area contributed by atoms with E-state index in [0.29, 0.717) is 0 Å². The number of rotatable bonds is 2. The third kappa shape index (κ3) is 5.47. The van der Waals surface area contributed by atoms with Crippen LogP contribution in [0.25, 0.3) is 22.3 Å². The highest BCUT2D eigenvalue weighted by molar-refractivity contribution is 6.31. The van der Waals surface area contributed by atoms with Crippen LogP contribution in [0.4, 0.5) is 4.39 Å². The average Bonchev–Trinajstić information content (AvgIpc) is 2.72. The van der Waals surface area contributed by atoms with Crippen LogP contribution < -0.4 is 0 Å². The summed E-state index contributed by atoms with van der Waals surface area (Å²) in [4.78, 5) is 0. The second kappa shape index (κ2) is 9.73. The Morgan fingerprint density at radius 2 is 1.07 bits per heavy atom. The molecule has 4 rings (SSSR count). The van der Waals surface area contributed by atoms with E-state index in [9.17, 15) is 4.39 Å². The third-order valence-electron chi connectivity index (χ3n) is 4.68. The summed E-state index contributed by atoms with van der Waals surface area (Å²) in [5.74, 6) is -0.377. The zero-order valence-corrected chi connectivity index (χ0v) is 17.8. The predicted octanol–water partition coefficient (Wildman–Crippen LogP) is 8.77. The Hall–Kier alpha value is -2.61. The summed E-state index contributed by atoms with van der Waals surface area (Å²) >= 11 is 11.5. The van der Waals surface area contributed by atoms with Crippen LogP contribution in [0.3, 0.4) is 0 Å². The molecule has 0 aliphatic carbocycles. The molecule has 4 aromatic rings. The fraction of sp³-hybridized carbons (Fsp3) is 0.0769. The Bertz CT molecular complexity index is 1100. The van der Waals surface area contributed by atoms with Crippen LogP contribution in [0.2, 0.25) is 10.0 Å². The molecule has 0 radical (unpaired) electrons. The molecule has 0 N–H and O–H groups in total. The molecule has 0 heterocycles. The lowest BCUT2D eigenvalue weighted by Crippen LogP contribution is -1.84. The molecule has 0 unspecified atom stereocenters. The first-order valence-corrected chi connectivity index (χ1v) is 10.0. The molecule has 0 saturated carbocycles. The first-order valence-electron chi connectivity index (χ1n) is 9.28. The maximum Gasteiger partial charge on any atom is 0.142 e. The van der Waals surface area contributed by atoms with Gasteiger partial charge in [-0.2, -0.15) is 0 Å². The van der Waals surface area contributed by atoms with Crippen LogP contribution in [-0.4, -0.2) is 0 Å². The van der Waals surface area contributed by atoms with Crippen molar-refractivity contribution in [2.45, 2.75) is 13.8 Å². The highest BCUT2D eigenvalue weighted by atomic mass is 35.5. The van der Waals surface area contributed by atoms with E-state index in [1.165, 1.54) is 22.8 Å². The van der Waals surface area contributed by atoms with E-state index >= 15 is 0 Å². The molecule has 3 heteroatoms. The van der Waals surface area contributed by atoms with Gasteiger partial charge in [0.2, 0.25) is 0 Å². The van der Waals surface area contributed by atoms with Gasteiger partial charge in [-0.15, -0.1) is 0 Å². The SMILES string of the molecule is Cc1ccccc1-c1ccc(Cl)c(F)c1.Cc1ccccc1-c1ccc(Cl)cc1. The standard InChI is InChI=1S/C13H10ClF.C13H11Cl/c1-9-4-2-3-5-11(9)10-6-7-12(14)13(15)8-10;1-10-4-2-3-5-13(10)11-6-8-12(14)9-7-11/h2-8H,1H3;2-9H,1H3. The molecule has 0 aliphatic rings. The molecule has 0 nitrogen and oxygen atoms in total. The van der Waals surface area contributed by atoms with Crippen molar-refractivity contribution in [2.75, 3.05) is 0 Å². The van der Waals surface area contributed by atoms with E-state index < -0.39 is 0 Å². The molecule has 29 heavy (non-hydrogen) atoms. The Kier molecular flexibility index (Phi) is 7.09. The summed E-state index contributed by atoms with van der Waals surface area (Å²) < 4.78 is 13.3. The monoisotopic (exact) mass is 422 g/mol. The zero-order valence-electron chi connectivity index (χ0n) is 16.3. The Morgan fingerprint density at radius 3 is 1.59 bits per heavy atom. The summed E-state index contributed by atoms with van der Waals surface area (Å²) in [6, 6.07) is 29.0. The number of benzene rings is 4. The molecule has 0 spiro atoms. The van der Waals surface area contributed by atoms with Crippen LogP contribution in [0, 0.1) is 19.7 Å². The van der Waals surface area contributed by atoms with Crippen LogP contribution in [-0.2, 0) is 0 Å². The minimum Gasteiger partial charge on any atom is -0.205 e. The lowest BCUT2D eigenvalue weighted by atomic mass is 10.0. The largest absolute Gasteiger partial charge is 0.205 e. The van der Waals surface area contributed by atoms with Crippen LogP contribution in [0.15, 0.2) is 91.0 Å². The summed E-state index contributed by atoms with van der Waals surface area (Å²) in [5, 5.41) is 0.940. The number of hydrogen-bond acceptors (Lipinski definition) is 0. The van der Waals surface area contributed by atoms with Gasteiger partial charge < -0.3 is 0 Å². The minimum atomic E-state index is -0.377. The van der Waals surface area contributed by atoms with E-state index in [4.69, 9.17) is 23.2 Å². The lowest BCUT2D eigenvalue weighted by Gasteiger charge is -2.06. The quantitative estimate of drug-likeness (QED) is 0.302. The first kappa shape index (κ1) is 21.1. The summed E-state index contributed by atoms with van der Waals surface area (Å²) in [6.07, 6.45) is 0. The van der Waals surface area contributed by atoms with Crippen molar-refractivity contribution in [3.8, 4) is 22.3 Å². The van der Waals surface area contributed by atoms with Crippen molar-refractivity contribution < 1.29 is 4.39 Å². The lowest BCUT2D eigenvalue weighted by molar-refractivity contribution is 0.629. The van der Waals surface area contributed by atoms with Gasteiger partial charge in [-0.3, -0.25) is 0 Å². The molecule has 146 valence electrons. The van der Waals surface area contributed by atoms with Gasteiger partial charge >= 0.3 is 0 Å². The maximum absolute atomic E-state index is 13.3. The number of hydrogen-bond donors (Lipinski definition) is 0. The summed E-state index contributed by atoms with van der Waals surface area (Å²) in [6.45, 7) is 4.12. The Balaban J connectivity index is 0.000000166. The van der Waals surface area contributed by atoms with E-state index in [-0.39, 0.29) is 10.8 Å². The topological polar surface area (TPSA) is 0 Å². The van der Waals surface area contributed by atoms with E-state index in [1.54, 1.807) is 6.07 Å². The molecular formula is C26H21Cl2F. The smallest absolute Gasteiger partial charge is 0.142 e. The molecule has 4 aromatic carbocycles. The van der Waals surface area contributed by atoms with Gasteiger partial charge in [0.15, 0.2) is 0 Å². The second-order valence-corrected chi connectivity index (χ2v) is 7.61. The second-order valence-electron chi connectivity index (χ2n) is 6.77. The fourth-order valence-electron chi connectivity index (χ4n) is 3.09. The number of halogens is 3. The van der Waals surface area contributed by atoms with Gasteiger partial charge in [0, 0.05) is 5.02 Å². The van der Waals surface area contributed by atoms with Crippen LogP contribution >= 0.6 is 23.2 Å². The maximum atomic E-state index is 13.3. The van der Waals surface area contributed by atoms with Crippen LogP contribution in [0.1, 0.15) is 11.1 Å². The highest BCUT2D eigenvalue weighted by Gasteiger charge is 2.04. The molecule has 0 fully saturated rings. The molecule has 0 atom stereocenters.